The lowest BCUT2D eigenvalue weighted by atomic mass is 10.2. The molecule has 2 saturated carbocycles. The molecule has 2 aliphatic carbocycles. The van der Waals surface area contributed by atoms with Crippen LogP contribution in [0.4, 0.5) is 5.82 Å². The van der Waals surface area contributed by atoms with Crippen LogP contribution in [0, 0.1) is 0 Å². The molecular formula is C17H19N3O2. The van der Waals surface area contributed by atoms with E-state index < -0.39 is 0 Å². The number of carbonyl (C=O) groups excluding carboxylic acids is 1. The van der Waals surface area contributed by atoms with Crippen LogP contribution in [0.25, 0.3) is 0 Å². The third-order valence-electron chi connectivity index (χ3n) is 4.54. The van der Waals surface area contributed by atoms with Crippen molar-refractivity contribution < 1.29 is 9.32 Å². The summed E-state index contributed by atoms with van der Waals surface area (Å²) in [6.45, 7) is 0. The highest BCUT2D eigenvalue weighted by Crippen LogP contribution is 2.39. The Morgan fingerprint density at radius 1 is 1.18 bits per heavy atom. The zero-order chi connectivity index (χ0) is 14.9. The Balaban J connectivity index is 1.64. The SMILES string of the molecule is O=C(c1cc(C2CC2)no1)N(c1ccccn1)C1CCCC1. The van der Waals surface area contributed by atoms with Crippen molar-refractivity contribution in [2.75, 3.05) is 4.90 Å². The van der Waals surface area contributed by atoms with Crippen molar-refractivity contribution in [2.45, 2.75) is 50.5 Å². The lowest BCUT2D eigenvalue weighted by Gasteiger charge is -2.26. The van der Waals surface area contributed by atoms with Gasteiger partial charge in [-0.1, -0.05) is 24.1 Å². The first kappa shape index (κ1) is 13.5. The second kappa shape index (κ2) is 5.55. The maximum atomic E-state index is 12.9. The number of amides is 1. The summed E-state index contributed by atoms with van der Waals surface area (Å²) in [7, 11) is 0. The molecule has 2 aromatic heterocycles. The fourth-order valence-electron chi connectivity index (χ4n) is 3.20. The molecule has 0 unspecified atom stereocenters. The summed E-state index contributed by atoms with van der Waals surface area (Å²) in [6.07, 6.45) is 8.37. The molecule has 1 amide bonds. The van der Waals surface area contributed by atoms with Crippen LogP contribution in [0.2, 0.25) is 0 Å². The summed E-state index contributed by atoms with van der Waals surface area (Å²) in [6, 6.07) is 7.67. The molecule has 4 rings (SSSR count). The molecule has 2 heterocycles. The van der Waals surface area contributed by atoms with Crippen molar-refractivity contribution in [3.63, 3.8) is 0 Å². The molecule has 5 heteroatoms. The third-order valence-corrected chi connectivity index (χ3v) is 4.54. The fourth-order valence-corrected chi connectivity index (χ4v) is 3.20. The van der Waals surface area contributed by atoms with Gasteiger partial charge in [-0.2, -0.15) is 0 Å². The highest BCUT2D eigenvalue weighted by molar-refractivity contribution is 6.04. The van der Waals surface area contributed by atoms with Crippen LogP contribution < -0.4 is 4.90 Å². The van der Waals surface area contributed by atoms with E-state index in [1.165, 1.54) is 0 Å². The first-order chi connectivity index (χ1) is 10.8. The first-order valence-corrected chi connectivity index (χ1v) is 8.04. The Morgan fingerprint density at radius 3 is 2.68 bits per heavy atom. The van der Waals surface area contributed by atoms with E-state index in [1.807, 2.05) is 24.3 Å². The Kier molecular flexibility index (Phi) is 3.41. The minimum Gasteiger partial charge on any atom is -0.351 e. The largest absolute Gasteiger partial charge is 0.351 e. The van der Waals surface area contributed by atoms with Gasteiger partial charge in [-0.15, -0.1) is 0 Å². The number of hydrogen-bond donors (Lipinski definition) is 0. The number of hydrogen-bond acceptors (Lipinski definition) is 4. The average molecular weight is 297 g/mol. The van der Waals surface area contributed by atoms with Crippen LogP contribution in [0.5, 0.6) is 0 Å². The number of aromatic nitrogens is 2. The number of carbonyl (C=O) groups is 1. The fraction of sp³-hybridized carbons (Fsp3) is 0.471. The topological polar surface area (TPSA) is 59.2 Å². The van der Waals surface area contributed by atoms with E-state index in [1.54, 1.807) is 11.1 Å². The molecule has 0 atom stereocenters. The molecule has 22 heavy (non-hydrogen) atoms. The molecule has 2 fully saturated rings. The van der Waals surface area contributed by atoms with Crippen LogP contribution >= 0.6 is 0 Å². The molecule has 0 spiro atoms. The highest BCUT2D eigenvalue weighted by atomic mass is 16.5. The smallest absolute Gasteiger partial charge is 0.298 e. The van der Waals surface area contributed by atoms with Crippen molar-refractivity contribution in [2.24, 2.45) is 0 Å². The highest BCUT2D eigenvalue weighted by Gasteiger charge is 2.33. The van der Waals surface area contributed by atoms with Gasteiger partial charge in [0.05, 0.1) is 5.69 Å². The summed E-state index contributed by atoms with van der Waals surface area (Å²) >= 11 is 0. The molecule has 2 aliphatic rings. The predicted molar refractivity (Wildman–Crippen MR) is 81.8 cm³/mol. The first-order valence-electron chi connectivity index (χ1n) is 8.04. The third kappa shape index (κ3) is 2.51. The quantitative estimate of drug-likeness (QED) is 0.866. The number of anilines is 1. The molecule has 114 valence electrons. The van der Waals surface area contributed by atoms with E-state index in [-0.39, 0.29) is 11.9 Å². The van der Waals surface area contributed by atoms with E-state index in [4.69, 9.17) is 4.52 Å². The Labute approximate surface area is 129 Å². The zero-order valence-corrected chi connectivity index (χ0v) is 12.4. The summed E-state index contributed by atoms with van der Waals surface area (Å²) in [5.74, 6) is 1.40. The van der Waals surface area contributed by atoms with Crippen molar-refractivity contribution in [1.29, 1.82) is 0 Å². The zero-order valence-electron chi connectivity index (χ0n) is 12.4. The van der Waals surface area contributed by atoms with E-state index in [0.29, 0.717) is 17.5 Å². The maximum absolute atomic E-state index is 12.9. The second-order valence-corrected chi connectivity index (χ2v) is 6.19. The van der Waals surface area contributed by atoms with Crippen molar-refractivity contribution in [1.82, 2.24) is 10.1 Å². The Hall–Kier alpha value is -2.17. The normalized spacial score (nSPS) is 18.5. The van der Waals surface area contributed by atoms with Gasteiger partial charge in [-0.05, 0) is 37.8 Å². The molecule has 0 aromatic carbocycles. The van der Waals surface area contributed by atoms with Gasteiger partial charge in [0.25, 0.3) is 5.91 Å². The molecule has 0 aliphatic heterocycles. The Bertz CT molecular complexity index is 658. The molecular weight excluding hydrogens is 278 g/mol. The van der Waals surface area contributed by atoms with Gasteiger partial charge in [0.2, 0.25) is 5.76 Å². The van der Waals surface area contributed by atoms with Gasteiger partial charge in [0.1, 0.15) is 5.82 Å². The van der Waals surface area contributed by atoms with Crippen molar-refractivity contribution >= 4 is 11.7 Å². The molecule has 0 N–H and O–H groups in total. The van der Waals surface area contributed by atoms with E-state index in [2.05, 4.69) is 10.1 Å². The molecule has 0 radical (unpaired) electrons. The standard InChI is InChI=1S/C17H19N3O2/c21-17(15-11-14(19-22-15)12-8-9-12)20(13-5-1-2-6-13)16-7-3-4-10-18-16/h3-4,7,10-13H,1-2,5-6,8-9H2. The lowest BCUT2D eigenvalue weighted by Crippen LogP contribution is -2.39. The predicted octanol–water partition coefficient (Wildman–Crippen LogP) is 3.54. The van der Waals surface area contributed by atoms with Crippen LogP contribution in [-0.2, 0) is 0 Å². The van der Waals surface area contributed by atoms with E-state index in [0.717, 1.165) is 44.2 Å². The maximum Gasteiger partial charge on any atom is 0.298 e. The summed E-state index contributed by atoms with van der Waals surface area (Å²) < 4.78 is 5.32. The van der Waals surface area contributed by atoms with Crippen LogP contribution in [0.1, 0.15) is 60.7 Å². The summed E-state index contributed by atoms with van der Waals surface area (Å²) in [4.78, 5) is 19.1. The van der Waals surface area contributed by atoms with Crippen LogP contribution in [0.3, 0.4) is 0 Å². The van der Waals surface area contributed by atoms with E-state index >= 15 is 0 Å². The van der Waals surface area contributed by atoms with Gasteiger partial charge in [-0.3, -0.25) is 9.69 Å². The van der Waals surface area contributed by atoms with Crippen molar-refractivity contribution in [3.05, 3.63) is 41.9 Å². The number of rotatable bonds is 4. The minimum atomic E-state index is -0.120. The van der Waals surface area contributed by atoms with Gasteiger partial charge in [0.15, 0.2) is 0 Å². The summed E-state index contributed by atoms with van der Waals surface area (Å²) in [5.41, 5.74) is 0.913. The summed E-state index contributed by atoms with van der Waals surface area (Å²) in [5, 5.41) is 4.06. The molecule has 5 nitrogen and oxygen atoms in total. The van der Waals surface area contributed by atoms with Gasteiger partial charge >= 0.3 is 0 Å². The molecule has 0 saturated heterocycles. The van der Waals surface area contributed by atoms with Crippen LogP contribution in [-0.4, -0.2) is 22.1 Å². The Morgan fingerprint density at radius 2 is 2.00 bits per heavy atom. The average Bonchev–Trinajstić information content (AvgIpc) is 3.06. The van der Waals surface area contributed by atoms with Crippen LogP contribution in [0.15, 0.2) is 35.0 Å². The van der Waals surface area contributed by atoms with Gasteiger partial charge < -0.3 is 4.52 Å². The molecule has 0 bridgehead atoms. The van der Waals surface area contributed by atoms with Gasteiger partial charge in [-0.25, -0.2) is 4.98 Å². The number of pyridine rings is 1. The minimum absolute atomic E-state index is 0.120. The lowest BCUT2D eigenvalue weighted by molar-refractivity contribution is 0.0940. The molecule has 2 aromatic rings. The number of nitrogens with zero attached hydrogens (tertiary/aromatic N) is 3. The van der Waals surface area contributed by atoms with E-state index in [9.17, 15) is 4.79 Å². The second-order valence-electron chi connectivity index (χ2n) is 6.19. The monoisotopic (exact) mass is 297 g/mol. The van der Waals surface area contributed by atoms with Gasteiger partial charge in [0, 0.05) is 24.2 Å². The van der Waals surface area contributed by atoms with Crippen molar-refractivity contribution in [3.8, 4) is 0 Å².